The van der Waals surface area contributed by atoms with Gasteiger partial charge < -0.3 is 9.15 Å². The van der Waals surface area contributed by atoms with Crippen molar-refractivity contribution < 1.29 is 18.7 Å². The van der Waals surface area contributed by atoms with E-state index in [2.05, 4.69) is 5.32 Å². The SMILES string of the molecule is COCCN1C(=O)/C(=C/c2ccc(-c3cccc(Cl)c3Cl)o2)C(=O)NC1=S. The van der Waals surface area contributed by atoms with Crippen LogP contribution in [0.4, 0.5) is 0 Å². The molecule has 1 aliphatic rings. The van der Waals surface area contributed by atoms with E-state index in [9.17, 15) is 9.59 Å². The van der Waals surface area contributed by atoms with E-state index >= 15 is 0 Å². The molecular formula is C18H14Cl2N2O4S. The summed E-state index contributed by atoms with van der Waals surface area (Å²) in [5.41, 5.74) is 0.522. The van der Waals surface area contributed by atoms with Crippen molar-refractivity contribution in [3.8, 4) is 11.3 Å². The van der Waals surface area contributed by atoms with Gasteiger partial charge >= 0.3 is 0 Å². The second-order valence-electron chi connectivity index (χ2n) is 5.57. The minimum Gasteiger partial charge on any atom is -0.457 e. The lowest BCUT2D eigenvalue weighted by molar-refractivity contribution is -0.129. The topological polar surface area (TPSA) is 71.8 Å². The summed E-state index contributed by atoms with van der Waals surface area (Å²) < 4.78 is 10.7. The number of halogens is 2. The molecule has 2 heterocycles. The van der Waals surface area contributed by atoms with Gasteiger partial charge in [0.25, 0.3) is 11.8 Å². The number of rotatable bonds is 5. The number of ether oxygens (including phenoxy) is 1. The summed E-state index contributed by atoms with van der Waals surface area (Å²) in [6, 6.07) is 8.49. The normalized spacial score (nSPS) is 16.2. The van der Waals surface area contributed by atoms with E-state index in [0.717, 1.165) is 0 Å². The summed E-state index contributed by atoms with van der Waals surface area (Å²) in [6.07, 6.45) is 1.36. The van der Waals surface area contributed by atoms with Gasteiger partial charge in [0.05, 0.1) is 23.2 Å². The molecule has 0 radical (unpaired) electrons. The summed E-state index contributed by atoms with van der Waals surface area (Å²) in [5, 5.41) is 3.29. The van der Waals surface area contributed by atoms with Crippen molar-refractivity contribution in [3.63, 3.8) is 0 Å². The van der Waals surface area contributed by atoms with E-state index in [0.29, 0.717) is 27.1 Å². The number of benzene rings is 1. The molecular weight excluding hydrogens is 411 g/mol. The third-order valence-corrected chi connectivity index (χ3v) is 4.98. The molecule has 0 saturated carbocycles. The Labute approximate surface area is 170 Å². The fourth-order valence-corrected chi connectivity index (χ4v) is 3.15. The molecule has 3 rings (SSSR count). The molecule has 1 saturated heterocycles. The molecule has 1 aliphatic heterocycles. The molecule has 27 heavy (non-hydrogen) atoms. The second kappa shape index (κ2) is 8.22. The highest BCUT2D eigenvalue weighted by atomic mass is 35.5. The van der Waals surface area contributed by atoms with Crippen LogP contribution in [-0.2, 0) is 14.3 Å². The Morgan fingerprint density at radius 1 is 1.26 bits per heavy atom. The minimum atomic E-state index is -0.586. The molecule has 140 valence electrons. The number of nitrogens with one attached hydrogen (secondary N) is 1. The van der Waals surface area contributed by atoms with Crippen molar-refractivity contribution in [1.82, 2.24) is 10.2 Å². The van der Waals surface area contributed by atoms with Crippen molar-refractivity contribution in [1.29, 1.82) is 0 Å². The Kier molecular flexibility index (Phi) is 5.96. The number of thiocarbonyl (C=S) groups is 1. The second-order valence-corrected chi connectivity index (χ2v) is 6.74. The molecule has 2 aromatic rings. The van der Waals surface area contributed by atoms with Crippen LogP contribution < -0.4 is 5.32 Å². The number of hydrogen-bond acceptors (Lipinski definition) is 5. The Hall–Kier alpha value is -2.19. The molecule has 0 aliphatic carbocycles. The van der Waals surface area contributed by atoms with Gasteiger partial charge in [0.2, 0.25) is 0 Å². The maximum atomic E-state index is 12.6. The van der Waals surface area contributed by atoms with Gasteiger partial charge in [-0.05, 0) is 42.6 Å². The number of hydrogen-bond donors (Lipinski definition) is 1. The van der Waals surface area contributed by atoms with Crippen LogP contribution in [0, 0.1) is 0 Å². The van der Waals surface area contributed by atoms with E-state index in [4.69, 9.17) is 44.6 Å². The first-order valence-corrected chi connectivity index (χ1v) is 9.01. The largest absolute Gasteiger partial charge is 0.457 e. The molecule has 0 spiro atoms. The first-order valence-electron chi connectivity index (χ1n) is 7.84. The van der Waals surface area contributed by atoms with Crippen LogP contribution in [0.1, 0.15) is 5.76 Å². The Bertz CT molecular complexity index is 955. The van der Waals surface area contributed by atoms with Crippen molar-refractivity contribution in [3.05, 3.63) is 51.7 Å². The highest BCUT2D eigenvalue weighted by molar-refractivity contribution is 7.80. The van der Waals surface area contributed by atoms with Crippen LogP contribution >= 0.6 is 35.4 Å². The monoisotopic (exact) mass is 424 g/mol. The first-order chi connectivity index (χ1) is 12.9. The van der Waals surface area contributed by atoms with Gasteiger partial charge in [-0.25, -0.2) is 0 Å². The smallest absolute Gasteiger partial charge is 0.265 e. The third kappa shape index (κ3) is 4.06. The fraction of sp³-hybridized carbons (Fsp3) is 0.167. The summed E-state index contributed by atoms with van der Waals surface area (Å²) in [6.45, 7) is 0.514. The van der Waals surface area contributed by atoms with Crippen LogP contribution in [0.5, 0.6) is 0 Å². The highest BCUT2D eigenvalue weighted by Gasteiger charge is 2.33. The number of methoxy groups -OCH3 is 1. The number of carbonyl (C=O) groups excluding carboxylic acids is 2. The maximum absolute atomic E-state index is 12.6. The van der Waals surface area contributed by atoms with E-state index in [-0.39, 0.29) is 23.8 Å². The van der Waals surface area contributed by atoms with Crippen molar-refractivity contribution in [2.24, 2.45) is 0 Å². The average molecular weight is 425 g/mol. The molecule has 0 atom stereocenters. The van der Waals surface area contributed by atoms with Gasteiger partial charge in [-0.2, -0.15) is 0 Å². The number of amides is 2. The highest BCUT2D eigenvalue weighted by Crippen LogP contribution is 2.34. The predicted molar refractivity (Wildman–Crippen MR) is 106 cm³/mol. The summed E-state index contributed by atoms with van der Waals surface area (Å²) in [5.74, 6) is -0.319. The Balaban J connectivity index is 1.91. The first kappa shape index (κ1) is 19.6. The van der Waals surface area contributed by atoms with Crippen LogP contribution in [0.3, 0.4) is 0 Å². The van der Waals surface area contributed by atoms with Crippen LogP contribution in [-0.4, -0.2) is 42.1 Å². The van der Waals surface area contributed by atoms with Crippen molar-refractivity contribution >= 4 is 58.4 Å². The molecule has 9 heteroatoms. The zero-order valence-electron chi connectivity index (χ0n) is 14.1. The third-order valence-electron chi connectivity index (χ3n) is 3.84. The van der Waals surface area contributed by atoms with Gasteiger partial charge in [0, 0.05) is 12.7 Å². The molecule has 6 nitrogen and oxygen atoms in total. The number of carbonyl (C=O) groups is 2. The minimum absolute atomic E-state index is 0.0463. The molecule has 0 unspecified atom stereocenters. The zero-order valence-corrected chi connectivity index (χ0v) is 16.5. The molecule has 2 amide bonds. The van der Waals surface area contributed by atoms with Crippen molar-refractivity contribution in [2.45, 2.75) is 0 Å². The average Bonchev–Trinajstić information content (AvgIpc) is 3.09. The van der Waals surface area contributed by atoms with Gasteiger partial charge in [0.1, 0.15) is 17.1 Å². The maximum Gasteiger partial charge on any atom is 0.265 e. The van der Waals surface area contributed by atoms with E-state index in [1.54, 1.807) is 30.3 Å². The van der Waals surface area contributed by atoms with Crippen LogP contribution in [0.15, 0.2) is 40.3 Å². The van der Waals surface area contributed by atoms with Crippen molar-refractivity contribution in [2.75, 3.05) is 20.3 Å². The Morgan fingerprint density at radius 3 is 2.78 bits per heavy atom. The number of furan rings is 1. The van der Waals surface area contributed by atoms with E-state index in [1.165, 1.54) is 18.1 Å². The Morgan fingerprint density at radius 2 is 2.04 bits per heavy atom. The zero-order chi connectivity index (χ0) is 19.6. The van der Waals surface area contributed by atoms with Gasteiger partial charge in [-0.15, -0.1) is 0 Å². The molecule has 1 fully saturated rings. The van der Waals surface area contributed by atoms with E-state index < -0.39 is 11.8 Å². The summed E-state index contributed by atoms with van der Waals surface area (Å²) >= 11 is 17.3. The van der Waals surface area contributed by atoms with Gasteiger partial charge in [-0.3, -0.25) is 19.8 Å². The van der Waals surface area contributed by atoms with Gasteiger partial charge in [-0.1, -0.05) is 29.3 Å². The molecule has 0 bridgehead atoms. The summed E-state index contributed by atoms with van der Waals surface area (Å²) in [4.78, 5) is 26.1. The van der Waals surface area contributed by atoms with E-state index in [1.807, 2.05) is 0 Å². The lowest BCUT2D eigenvalue weighted by Crippen LogP contribution is -2.54. The van der Waals surface area contributed by atoms with Crippen LogP contribution in [0.25, 0.3) is 17.4 Å². The predicted octanol–water partition coefficient (Wildman–Crippen LogP) is 3.53. The number of nitrogens with zero attached hydrogens (tertiary/aromatic N) is 1. The quantitative estimate of drug-likeness (QED) is 0.451. The molecule has 1 N–H and O–H groups in total. The summed E-state index contributed by atoms with van der Waals surface area (Å²) in [7, 11) is 1.51. The van der Waals surface area contributed by atoms with Crippen LogP contribution in [0.2, 0.25) is 10.0 Å². The fourth-order valence-electron chi connectivity index (χ4n) is 2.49. The van der Waals surface area contributed by atoms with Gasteiger partial charge in [0.15, 0.2) is 5.11 Å². The lowest BCUT2D eigenvalue weighted by Gasteiger charge is -2.28. The standard InChI is InChI=1S/C18H14Cl2N2O4S/c1-25-8-7-22-17(24)12(16(23)21-18(22)27)9-10-5-6-14(26-10)11-3-2-4-13(19)15(11)20/h2-6,9H,7-8H2,1H3,(H,21,23,27)/b12-9+. The molecule has 1 aromatic carbocycles. The lowest BCUT2D eigenvalue weighted by atomic mass is 10.1. The molecule has 1 aromatic heterocycles.